The molecule has 0 spiro atoms. The molecular weight excluding hydrogens is 364 g/mol. The van der Waals surface area contributed by atoms with Gasteiger partial charge in [-0.3, -0.25) is 9.59 Å². The molecular formula is C21H19F2N3O2. The molecule has 4 N–H and O–H groups in total. The Morgan fingerprint density at radius 2 is 1.82 bits per heavy atom. The molecule has 0 aliphatic heterocycles. The predicted molar refractivity (Wildman–Crippen MR) is 104 cm³/mol. The Kier molecular flexibility index (Phi) is 5.09. The average Bonchev–Trinajstić information content (AvgIpc) is 3.45. The van der Waals surface area contributed by atoms with Crippen molar-refractivity contribution in [3.05, 3.63) is 65.2 Å². The SMILES string of the molecule is CC(=O)C1(C(=O)Nc2cc(C(=N)/C=C/c3ccc(F)cc3)c(N)cc2F)CC1. The highest BCUT2D eigenvalue weighted by atomic mass is 19.1. The topological polar surface area (TPSA) is 96.0 Å². The van der Waals surface area contributed by atoms with Crippen molar-refractivity contribution in [3.8, 4) is 0 Å². The second-order valence-corrected chi connectivity index (χ2v) is 6.81. The number of nitrogens with one attached hydrogen (secondary N) is 2. The lowest BCUT2D eigenvalue weighted by Crippen LogP contribution is -2.30. The van der Waals surface area contributed by atoms with E-state index in [-0.39, 0.29) is 34.3 Å². The van der Waals surface area contributed by atoms with Gasteiger partial charge in [-0.25, -0.2) is 8.78 Å². The number of anilines is 2. The third kappa shape index (κ3) is 3.83. The highest BCUT2D eigenvalue weighted by Gasteiger charge is 2.54. The van der Waals surface area contributed by atoms with Gasteiger partial charge in [-0.15, -0.1) is 0 Å². The fourth-order valence-corrected chi connectivity index (χ4v) is 2.87. The summed E-state index contributed by atoms with van der Waals surface area (Å²) in [5, 5.41) is 10.6. The fraction of sp³-hybridized carbons (Fsp3) is 0.190. The monoisotopic (exact) mass is 383 g/mol. The number of nitrogens with two attached hydrogens (primary N) is 1. The van der Waals surface area contributed by atoms with Gasteiger partial charge in [-0.05, 0) is 55.7 Å². The summed E-state index contributed by atoms with van der Waals surface area (Å²) in [6.07, 6.45) is 3.92. The molecule has 0 aromatic heterocycles. The number of allylic oxidation sites excluding steroid dienone is 1. The smallest absolute Gasteiger partial charge is 0.238 e. The number of ketones is 1. The lowest BCUT2D eigenvalue weighted by molar-refractivity contribution is -0.131. The molecule has 3 rings (SSSR count). The predicted octanol–water partition coefficient (Wildman–Crippen LogP) is 3.94. The van der Waals surface area contributed by atoms with E-state index in [0.29, 0.717) is 18.4 Å². The molecule has 7 heteroatoms. The van der Waals surface area contributed by atoms with Crippen molar-refractivity contribution >= 4 is 34.9 Å². The zero-order chi connectivity index (χ0) is 20.5. The number of rotatable bonds is 6. The van der Waals surface area contributed by atoms with E-state index in [0.717, 1.165) is 6.07 Å². The highest BCUT2D eigenvalue weighted by molar-refractivity contribution is 6.15. The van der Waals surface area contributed by atoms with Crippen LogP contribution in [-0.2, 0) is 9.59 Å². The minimum atomic E-state index is -1.08. The van der Waals surface area contributed by atoms with Gasteiger partial charge in [0.1, 0.15) is 22.8 Å². The Morgan fingerprint density at radius 1 is 1.18 bits per heavy atom. The zero-order valence-corrected chi connectivity index (χ0v) is 15.2. The lowest BCUT2D eigenvalue weighted by Gasteiger charge is -2.14. The number of hydrogen-bond donors (Lipinski definition) is 3. The van der Waals surface area contributed by atoms with Gasteiger partial charge in [-0.1, -0.05) is 18.2 Å². The van der Waals surface area contributed by atoms with Crippen LogP contribution in [0.15, 0.2) is 42.5 Å². The molecule has 1 amide bonds. The van der Waals surface area contributed by atoms with Gasteiger partial charge in [0.25, 0.3) is 0 Å². The molecule has 0 heterocycles. The molecule has 0 unspecified atom stereocenters. The van der Waals surface area contributed by atoms with Crippen LogP contribution in [0, 0.1) is 22.5 Å². The summed E-state index contributed by atoms with van der Waals surface area (Å²) in [7, 11) is 0. The summed E-state index contributed by atoms with van der Waals surface area (Å²) in [4.78, 5) is 24.0. The number of hydrogen-bond acceptors (Lipinski definition) is 4. The van der Waals surface area contributed by atoms with Crippen molar-refractivity contribution in [2.75, 3.05) is 11.1 Å². The molecule has 144 valence electrons. The van der Waals surface area contributed by atoms with Crippen molar-refractivity contribution in [2.24, 2.45) is 5.41 Å². The maximum absolute atomic E-state index is 14.2. The van der Waals surface area contributed by atoms with Crippen molar-refractivity contribution in [3.63, 3.8) is 0 Å². The van der Waals surface area contributed by atoms with Crippen LogP contribution in [0.5, 0.6) is 0 Å². The van der Waals surface area contributed by atoms with Crippen LogP contribution in [0.4, 0.5) is 20.2 Å². The molecule has 1 fully saturated rings. The Bertz CT molecular complexity index is 993. The number of halogens is 2. The van der Waals surface area contributed by atoms with Gasteiger partial charge >= 0.3 is 0 Å². The van der Waals surface area contributed by atoms with E-state index in [1.165, 1.54) is 31.2 Å². The first kappa shape index (κ1) is 19.4. The van der Waals surface area contributed by atoms with Crippen molar-refractivity contribution < 1.29 is 18.4 Å². The quantitative estimate of drug-likeness (QED) is 0.400. The number of amides is 1. The van der Waals surface area contributed by atoms with Crippen LogP contribution in [0.3, 0.4) is 0 Å². The molecule has 2 aromatic rings. The maximum atomic E-state index is 14.2. The molecule has 5 nitrogen and oxygen atoms in total. The summed E-state index contributed by atoms with van der Waals surface area (Å²) >= 11 is 0. The Balaban J connectivity index is 1.82. The zero-order valence-electron chi connectivity index (χ0n) is 15.2. The largest absolute Gasteiger partial charge is 0.398 e. The average molecular weight is 383 g/mol. The van der Waals surface area contributed by atoms with Crippen LogP contribution in [-0.4, -0.2) is 17.4 Å². The van der Waals surface area contributed by atoms with Gasteiger partial charge in [0.05, 0.1) is 11.4 Å². The van der Waals surface area contributed by atoms with Gasteiger partial charge < -0.3 is 16.5 Å². The van der Waals surface area contributed by atoms with Crippen molar-refractivity contribution in [2.45, 2.75) is 19.8 Å². The summed E-state index contributed by atoms with van der Waals surface area (Å²) in [5.41, 5.74) is 5.54. The number of Topliss-reactive ketones (excluding diaryl/α,β-unsaturated/α-hetero) is 1. The molecule has 1 saturated carbocycles. The molecule has 0 atom stereocenters. The second-order valence-electron chi connectivity index (χ2n) is 6.81. The van der Waals surface area contributed by atoms with E-state index < -0.39 is 17.1 Å². The number of carbonyl (C=O) groups excluding carboxylic acids is 2. The van der Waals surface area contributed by atoms with Crippen LogP contribution in [0.25, 0.3) is 6.08 Å². The van der Waals surface area contributed by atoms with Gasteiger partial charge in [0.2, 0.25) is 5.91 Å². The molecule has 0 saturated heterocycles. The first-order valence-corrected chi connectivity index (χ1v) is 8.67. The minimum Gasteiger partial charge on any atom is -0.398 e. The standard InChI is InChI=1S/C21H19F2N3O2/c1-12(27)21(8-9-21)20(28)26-19-10-15(18(25)11-16(19)23)17(24)7-4-13-2-5-14(22)6-3-13/h2-7,10-11,24H,8-9,25H2,1H3,(H,26,28)/b7-4+,24-17?. The molecule has 1 aliphatic carbocycles. The summed E-state index contributed by atoms with van der Waals surface area (Å²) in [6, 6.07) is 8.00. The Hall–Kier alpha value is -3.35. The first-order chi connectivity index (χ1) is 13.2. The minimum absolute atomic E-state index is 0.00923. The molecule has 1 aliphatic rings. The van der Waals surface area contributed by atoms with Gasteiger partial charge in [0, 0.05) is 11.3 Å². The van der Waals surface area contributed by atoms with E-state index in [4.69, 9.17) is 11.1 Å². The normalized spacial score (nSPS) is 14.7. The third-order valence-electron chi connectivity index (χ3n) is 4.85. The van der Waals surface area contributed by atoms with Gasteiger partial charge in [-0.2, -0.15) is 0 Å². The number of nitrogen functional groups attached to an aromatic ring is 1. The fourth-order valence-electron chi connectivity index (χ4n) is 2.87. The van der Waals surface area contributed by atoms with Crippen LogP contribution >= 0.6 is 0 Å². The van der Waals surface area contributed by atoms with E-state index in [9.17, 15) is 18.4 Å². The Morgan fingerprint density at radius 3 is 2.39 bits per heavy atom. The van der Waals surface area contributed by atoms with Crippen molar-refractivity contribution in [1.29, 1.82) is 5.41 Å². The summed E-state index contributed by atoms with van der Waals surface area (Å²) < 4.78 is 27.2. The first-order valence-electron chi connectivity index (χ1n) is 8.67. The Labute approximate surface area is 160 Å². The summed E-state index contributed by atoms with van der Waals surface area (Å²) in [6.45, 7) is 1.34. The number of carbonyl (C=O) groups is 2. The van der Waals surface area contributed by atoms with E-state index in [1.807, 2.05) is 0 Å². The van der Waals surface area contributed by atoms with Crippen LogP contribution in [0.2, 0.25) is 0 Å². The van der Waals surface area contributed by atoms with Crippen molar-refractivity contribution in [1.82, 2.24) is 0 Å². The van der Waals surface area contributed by atoms with E-state index >= 15 is 0 Å². The lowest BCUT2D eigenvalue weighted by atomic mass is 10.0. The summed E-state index contributed by atoms with van der Waals surface area (Å²) in [5.74, 6) is -1.92. The van der Waals surface area contributed by atoms with Gasteiger partial charge in [0.15, 0.2) is 0 Å². The van der Waals surface area contributed by atoms with E-state index in [2.05, 4.69) is 5.32 Å². The molecule has 0 bridgehead atoms. The maximum Gasteiger partial charge on any atom is 0.238 e. The number of benzene rings is 2. The highest BCUT2D eigenvalue weighted by Crippen LogP contribution is 2.47. The van der Waals surface area contributed by atoms with Crippen LogP contribution in [0.1, 0.15) is 30.9 Å². The molecule has 0 radical (unpaired) electrons. The van der Waals surface area contributed by atoms with Crippen LogP contribution < -0.4 is 11.1 Å². The molecule has 2 aromatic carbocycles. The second kappa shape index (κ2) is 7.34. The van der Waals surface area contributed by atoms with E-state index in [1.54, 1.807) is 18.2 Å². The molecule has 28 heavy (non-hydrogen) atoms. The third-order valence-corrected chi connectivity index (χ3v) is 4.85.